The molecule has 2 aliphatic rings. The van der Waals surface area contributed by atoms with Crippen LogP contribution in [0.4, 0.5) is 8.78 Å². The van der Waals surface area contributed by atoms with Crippen molar-refractivity contribution in [3.05, 3.63) is 99.5 Å². The average Bonchev–Trinajstić information content (AvgIpc) is 2.99. The zero-order chi connectivity index (χ0) is 29.8. The number of benzene rings is 3. The van der Waals surface area contributed by atoms with Crippen LogP contribution in [0.15, 0.2) is 71.6 Å². The Labute approximate surface area is 260 Å². The van der Waals surface area contributed by atoms with Crippen LogP contribution in [-0.2, 0) is 32.3 Å². The van der Waals surface area contributed by atoms with E-state index in [1.807, 2.05) is 18.2 Å². The molecular formula is C30H31BrCl2F2N2O3S. The standard InChI is InChI=1S/C18H17ClFNO2S.C7H5BrClF.C5H9NO/c19-15-11-13(8-9-16(15)20)12-21-10-4-7-17(18(21)22)24(23)14-5-2-1-3-6-14;8-4-5-1-2-7(10)6(9)3-5;7-5-3-1-2-4-6-5/h1-3,5-6,8-9,11,17H,4,7,10,12H2;1-3H,4H2;1-4H2,(H,6,7). The van der Waals surface area contributed by atoms with Gasteiger partial charge in [0.05, 0.1) is 20.8 Å². The van der Waals surface area contributed by atoms with Crippen LogP contribution in [0, 0.1) is 11.6 Å². The van der Waals surface area contributed by atoms with E-state index in [-0.39, 0.29) is 27.7 Å². The van der Waals surface area contributed by atoms with Crippen molar-refractivity contribution in [2.75, 3.05) is 13.1 Å². The number of rotatable bonds is 5. The quantitative estimate of drug-likeness (QED) is 0.284. The predicted molar refractivity (Wildman–Crippen MR) is 164 cm³/mol. The van der Waals surface area contributed by atoms with Crippen LogP contribution in [0.3, 0.4) is 0 Å². The highest BCUT2D eigenvalue weighted by molar-refractivity contribution is 9.08. The summed E-state index contributed by atoms with van der Waals surface area (Å²) in [6, 6.07) is 18.1. The van der Waals surface area contributed by atoms with Crippen molar-refractivity contribution in [1.82, 2.24) is 10.2 Å². The monoisotopic (exact) mass is 686 g/mol. The summed E-state index contributed by atoms with van der Waals surface area (Å²) in [5, 5.41) is 3.13. The lowest BCUT2D eigenvalue weighted by Crippen LogP contribution is -2.45. The molecule has 0 saturated carbocycles. The smallest absolute Gasteiger partial charge is 0.239 e. The Morgan fingerprint density at radius 1 is 0.902 bits per heavy atom. The molecule has 11 heteroatoms. The molecule has 0 spiro atoms. The Bertz CT molecular complexity index is 1340. The van der Waals surface area contributed by atoms with Gasteiger partial charge in [-0.05, 0) is 73.2 Å². The van der Waals surface area contributed by atoms with Gasteiger partial charge in [-0.15, -0.1) is 0 Å². The second-order valence-corrected chi connectivity index (χ2v) is 12.4. The van der Waals surface area contributed by atoms with E-state index in [1.165, 1.54) is 18.2 Å². The highest BCUT2D eigenvalue weighted by Gasteiger charge is 2.33. The number of amides is 2. The topological polar surface area (TPSA) is 66.5 Å². The van der Waals surface area contributed by atoms with Gasteiger partial charge in [-0.1, -0.05) is 69.5 Å². The molecule has 0 bridgehead atoms. The molecule has 0 aliphatic carbocycles. The first-order chi connectivity index (χ1) is 19.7. The molecule has 2 amide bonds. The molecule has 1 N–H and O–H groups in total. The lowest BCUT2D eigenvalue weighted by Gasteiger charge is -2.32. The number of carbonyl (C=O) groups is 2. The van der Waals surface area contributed by atoms with Gasteiger partial charge in [0, 0.05) is 36.3 Å². The Kier molecular flexibility index (Phi) is 13.7. The first-order valence-electron chi connectivity index (χ1n) is 13.1. The molecule has 5 nitrogen and oxygen atoms in total. The van der Waals surface area contributed by atoms with E-state index in [0.717, 1.165) is 43.4 Å². The van der Waals surface area contributed by atoms with E-state index in [9.17, 15) is 22.6 Å². The molecule has 3 aromatic carbocycles. The number of nitrogens with zero attached hydrogens (tertiary/aromatic N) is 1. The molecule has 2 saturated heterocycles. The van der Waals surface area contributed by atoms with Crippen LogP contribution >= 0.6 is 39.1 Å². The summed E-state index contributed by atoms with van der Waals surface area (Å²) in [5.41, 5.74) is 1.74. The van der Waals surface area contributed by atoms with Gasteiger partial charge < -0.3 is 10.2 Å². The summed E-state index contributed by atoms with van der Waals surface area (Å²) >= 11 is 14.5. The fourth-order valence-corrected chi connectivity index (χ4v) is 6.41. The third-order valence-corrected chi connectivity index (χ3v) is 9.28. The molecule has 0 aromatic heterocycles. The second-order valence-electron chi connectivity index (χ2n) is 9.44. The summed E-state index contributed by atoms with van der Waals surface area (Å²) in [4.78, 5) is 25.4. The van der Waals surface area contributed by atoms with E-state index < -0.39 is 21.9 Å². The molecule has 41 heavy (non-hydrogen) atoms. The molecule has 2 unspecified atom stereocenters. The normalized spacial score (nSPS) is 17.4. The highest BCUT2D eigenvalue weighted by Crippen LogP contribution is 2.24. The minimum absolute atomic E-state index is 0.0429. The summed E-state index contributed by atoms with van der Waals surface area (Å²) < 4.78 is 38.4. The summed E-state index contributed by atoms with van der Waals surface area (Å²) in [6.45, 7) is 1.84. The second kappa shape index (κ2) is 16.9. The largest absolute Gasteiger partial charge is 0.356 e. The Morgan fingerprint density at radius 2 is 1.54 bits per heavy atom. The van der Waals surface area contributed by atoms with E-state index in [0.29, 0.717) is 29.7 Å². The zero-order valence-electron chi connectivity index (χ0n) is 22.3. The first kappa shape index (κ1) is 33.2. The number of nitrogens with one attached hydrogen (secondary N) is 1. The van der Waals surface area contributed by atoms with Crippen molar-refractivity contribution in [1.29, 1.82) is 0 Å². The van der Waals surface area contributed by atoms with E-state index in [2.05, 4.69) is 21.2 Å². The predicted octanol–water partition coefficient (Wildman–Crippen LogP) is 7.44. The van der Waals surface area contributed by atoms with Gasteiger partial charge in [-0.25, -0.2) is 8.78 Å². The molecule has 2 atom stereocenters. The van der Waals surface area contributed by atoms with Gasteiger partial charge >= 0.3 is 0 Å². The van der Waals surface area contributed by atoms with Crippen molar-refractivity contribution < 1.29 is 22.6 Å². The van der Waals surface area contributed by atoms with Gasteiger partial charge in [0.25, 0.3) is 0 Å². The first-order valence-corrected chi connectivity index (χ1v) is 16.2. The van der Waals surface area contributed by atoms with Crippen LogP contribution in [0.1, 0.15) is 43.2 Å². The SMILES string of the molecule is Fc1ccc(CBr)cc1Cl.O=C1C(S(=O)c2ccccc2)CCCN1Cc1ccc(F)c(Cl)c1.O=C1CCCCN1. The molecule has 2 heterocycles. The number of likely N-dealkylation sites (tertiary alicyclic amines) is 1. The van der Waals surface area contributed by atoms with Crippen LogP contribution in [0.2, 0.25) is 10.0 Å². The minimum atomic E-state index is -1.36. The lowest BCUT2D eigenvalue weighted by molar-refractivity contribution is -0.133. The fraction of sp³-hybridized carbons (Fsp3) is 0.333. The van der Waals surface area contributed by atoms with Crippen molar-refractivity contribution in [3.8, 4) is 0 Å². The number of piperidine rings is 2. The minimum Gasteiger partial charge on any atom is -0.356 e. The van der Waals surface area contributed by atoms with Crippen LogP contribution in [0.5, 0.6) is 0 Å². The third kappa shape index (κ3) is 10.5. The number of halogens is 5. The van der Waals surface area contributed by atoms with Crippen molar-refractivity contribution >= 4 is 61.7 Å². The molecule has 0 radical (unpaired) electrons. The highest BCUT2D eigenvalue weighted by atomic mass is 79.9. The molecule has 5 rings (SSSR count). The van der Waals surface area contributed by atoms with Crippen molar-refractivity contribution in [2.24, 2.45) is 0 Å². The average molecular weight is 688 g/mol. The molecule has 2 aliphatic heterocycles. The Morgan fingerprint density at radius 3 is 2.07 bits per heavy atom. The van der Waals surface area contributed by atoms with Crippen LogP contribution in [0.25, 0.3) is 0 Å². The number of hydrogen-bond acceptors (Lipinski definition) is 3. The van der Waals surface area contributed by atoms with Gasteiger partial charge in [-0.2, -0.15) is 0 Å². The van der Waals surface area contributed by atoms with Gasteiger partial charge in [0.15, 0.2) is 0 Å². The van der Waals surface area contributed by atoms with Crippen LogP contribution in [-0.4, -0.2) is 39.3 Å². The van der Waals surface area contributed by atoms with Crippen molar-refractivity contribution in [2.45, 2.75) is 54.1 Å². The van der Waals surface area contributed by atoms with Gasteiger partial charge in [0.2, 0.25) is 11.8 Å². The maximum atomic E-state index is 13.3. The van der Waals surface area contributed by atoms with Crippen LogP contribution < -0.4 is 5.32 Å². The molecule has 3 aromatic rings. The van der Waals surface area contributed by atoms with Gasteiger partial charge in [-0.3, -0.25) is 13.8 Å². The summed E-state index contributed by atoms with van der Waals surface area (Å²) in [7, 11) is -1.36. The third-order valence-electron chi connectivity index (χ3n) is 6.36. The lowest BCUT2D eigenvalue weighted by atomic mass is 10.1. The maximum Gasteiger partial charge on any atom is 0.239 e. The zero-order valence-corrected chi connectivity index (χ0v) is 26.2. The Balaban J connectivity index is 0.000000221. The van der Waals surface area contributed by atoms with E-state index in [4.69, 9.17) is 23.2 Å². The van der Waals surface area contributed by atoms with Gasteiger partial charge in [0.1, 0.15) is 16.9 Å². The van der Waals surface area contributed by atoms with Crippen molar-refractivity contribution in [3.63, 3.8) is 0 Å². The van der Waals surface area contributed by atoms with E-state index in [1.54, 1.807) is 35.2 Å². The number of carbonyl (C=O) groups excluding carboxylic acids is 2. The molecule has 220 valence electrons. The summed E-state index contributed by atoms with van der Waals surface area (Å²) in [5.74, 6) is -0.755. The Hall–Kier alpha value is -2.33. The van der Waals surface area contributed by atoms with E-state index >= 15 is 0 Å². The molecular weight excluding hydrogens is 657 g/mol. The number of hydrogen-bond donors (Lipinski definition) is 1. The molecule has 2 fully saturated rings. The number of alkyl halides is 1. The maximum absolute atomic E-state index is 13.3. The fourth-order valence-electron chi connectivity index (χ4n) is 4.19. The summed E-state index contributed by atoms with van der Waals surface area (Å²) in [6.07, 6.45) is 4.38.